The lowest BCUT2D eigenvalue weighted by Gasteiger charge is -2.17. The second-order valence-corrected chi connectivity index (χ2v) is 7.32. The first-order valence-corrected chi connectivity index (χ1v) is 10.3. The predicted molar refractivity (Wildman–Crippen MR) is 118 cm³/mol. The Bertz CT molecular complexity index is 1030. The van der Waals surface area contributed by atoms with Crippen LogP contribution in [-0.4, -0.2) is 21.5 Å². The number of benzene rings is 2. The summed E-state index contributed by atoms with van der Waals surface area (Å²) in [4.78, 5) is 0. The van der Waals surface area contributed by atoms with Crippen LogP contribution < -0.4 is 14.9 Å². The molecule has 1 aromatic heterocycles. The highest BCUT2D eigenvalue weighted by Crippen LogP contribution is 2.37. The summed E-state index contributed by atoms with van der Waals surface area (Å²) in [7, 11) is 0. The van der Waals surface area contributed by atoms with Crippen molar-refractivity contribution in [2.75, 3.05) is 12.0 Å². The van der Waals surface area contributed by atoms with Crippen molar-refractivity contribution in [1.29, 1.82) is 0 Å². The number of ether oxygens (including phenoxy) is 2. The van der Waals surface area contributed by atoms with Crippen LogP contribution in [-0.2, 0) is 19.6 Å². The van der Waals surface area contributed by atoms with Gasteiger partial charge in [0, 0.05) is 6.42 Å². The van der Waals surface area contributed by atoms with E-state index in [9.17, 15) is 0 Å². The molecule has 1 heterocycles. The molecule has 0 saturated heterocycles. The van der Waals surface area contributed by atoms with Gasteiger partial charge in [0.25, 0.3) is 0 Å². The van der Waals surface area contributed by atoms with Gasteiger partial charge in [-0.1, -0.05) is 42.8 Å². The number of hydrogen-bond donors (Lipinski definition) is 2. The quantitative estimate of drug-likeness (QED) is 0.456. The summed E-state index contributed by atoms with van der Waals surface area (Å²) in [5.41, 5.74) is 6.51. The molecule has 0 aliphatic rings. The van der Waals surface area contributed by atoms with Crippen LogP contribution in [0.2, 0.25) is 5.02 Å². The maximum absolute atomic E-state index is 6.55. The smallest absolute Gasteiger partial charge is 0.214 e. The maximum atomic E-state index is 6.55. The number of aromatic nitrogens is 3. The Labute approximate surface area is 180 Å². The minimum absolute atomic E-state index is 0.425. The van der Waals surface area contributed by atoms with E-state index in [1.165, 1.54) is 5.56 Å². The van der Waals surface area contributed by atoms with Crippen LogP contribution in [0.1, 0.15) is 36.4 Å². The third-order valence-corrected chi connectivity index (χ3v) is 5.06. The Morgan fingerprint density at radius 1 is 1.21 bits per heavy atom. The monoisotopic (exact) mass is 432 g/mol. The van der Waals surface area contributed by atoms with Gasteiger partial charge in [0.05, 0.1) is 18.2 Å². The average Bonchev–Trinajstić information content (AvgIpc) is 3.07. The van der Waals surface area contributed by atoms with E-state index in [-0.39, 0.29) is 0 Å². The van der Waals surface area contributed by atoms with Gasteiger partial charge in [-0.25, -0.2) is 4.68 Å². The van der Waals surface area contributed by atoms with Gasteiger partial charge >= 0.3 is 0 Å². The van der Waals surface area contributed by atoms with Gasteiger partial charge in [-0.05, 0) is 54.9 Å². The number of aromatic amines is 1. The highest BCUT2D eigenvalue weighted by molar-refractivity contribution is 7.71. The van der Waals surface area contributed by atoms with Gasteiger partial charge in [-0.2, -0.15) is 5.10 Å². The van der Waals surface area contributed by atoms with Gasteiger partial charge in [-0.3, -0.25) is 5.10 Å². The van der Waals surface area contributed by atoms with Crippen molar-refractivity contribution < 1.29 is 9.47 Å². The minimum Gasteiger partial charge on any atom is -0.490 e. The van der Waals surface area contributed by atoms with Crippen molar-refractivity contribution >= 4 is 23.8 Å². The Morgan fingerprint density at radius 2 is 2.00 bits per heavy atom. The van der Waals surface area contributed by atoms with Crippen molar-refractivity contribution in [3.8, 4) is 11.5 Å². The molecule has 29 heavy (non-hydrogen) atoms. The average molecular weight is 433 g/mol. The molecule has 0 aliphatic carbocycles. The molecule has 0 bridgehead atoms. The van der Waals surface area contributed by atoms with Crippen molar-refractivity contribution in [2.45, 2.75) is 40.3 Å². The zero-order chi connectivity index (χ0) is 20.8. The molecule has 0 spiro atoms. The molecule has 0 atom stereocenters. The number of nitrogens with zero attached hydrogens (tertiary/aromatic N) is 2. The van der Waals surface area contributed by atoms with E-state index in [4.69, 9.17) is 33.3 Å². The summed E-state index contributed by atoms with van der Waals surface area (Å²) in [6, 6.07) is 11.9. The summed E-state index contributed by atoms with van der Waals surface area (Å²) in [6.45, 7) is 7.47. The van der Waals surface area contributed by atoms with Gasteiger partial charge in [0.2, 0.25) is 4.77 Å². The highest BCUT2D eigenvalue weighted by Gasteiger charge is 2.14. The molecule has 154 valence electrons. The summed E-state index contributed by atoms with van der Waals surface area (Å²) >= 11 is 11.8. The maximum Gasteiger partial charge on any atom is 0.214 e. The molecule has 2 N–H and O–H groups in total. The van der Waals surface area contributed by atoms with E-state index in [1.807, 2.05) is 44.2 Å². The largest absolute Gasteiger partial charge is 0.490 e. The fraction of sp³-hybridized carbons (Fsp3) is 0.333. The van der Waals surface area contributed by atoms with E-state index in [0.29, 0.717) is 41.1 Å². The molecule has 6 nitrogen and oxygen atoms in total. The molecule has 0 amide bonds. The van der Waals surface area contributed by atoms with Crippen molar-refractivity contribution in [2.24, 2.45) is 0 Å². The molecular weight excluding hydrogens is 408 g/mol. The summed E-state index contributed by atoms with van der Waals surface area (Å²) in [5, 5.41) is 7.50. The molecular formula is C21H25ClN4O2S. The van der Waals surface area contributed by atoms with E-state index >= 15 is 0 Å². The van der Waals surface area contributed by atoms with Crippen LogP contribution in [0.4, 0.5) is 0 Å². The molecule has 0 unspecified atom stereocenters. The molecule has 2 aromatic carbocycles. The number of rotatable bonds is 9. The Kier molecular flexibility index (Phi) is 7.17. The minimum atomic E-state index is 0.425. The highest BCUT2D eigenvalue weighted by atomic mass is 35.5. The zero-order valence-corrected chi connectivity index (χ0v) is 18.4. The Morgan fingerprint density at radius 3 is 2.72 bits per heavy atom. The Hall–Kier alpha value is -2.51. The number of halogens is 1. The SMILES string of the molecule is CCOc1cc(CNn2c(CC)n[nH]c2=S)cc(Cl)c1OCc1ccccc1C. The summed E-state index contributed by atoms with van der Waals surface area (Å²) < 4.78 is 14.1. The fourth-order valence-corrected chi connectivity index (χ4v) is 3.45. The van der Waals surface area contributed by atoms with Crippen LogP contribution in [0.5, 0.6) is 11.5 Å². The third kappa shape index (κ3) is 5.10. The lowest BCUT2D eigenvalue weighted by atomic mass is 10.1. The van der Waals surface area contributed by atoms with Gasteiger partial charge in [0.15, 0.2) is 17.3 Å². The number of nitrogens with one attached hydrogen (secondary N) is 2. The summed E-state index contributed by atoms with van der Waals surface area (Å²) in [5.74, 6) is 2.01. The van der Waals surface area contributed by atoms with Crippen LogP contribution in [0.25, 0.3) is 0 Å². The van der Waals surface area contributed by atoms with Crippen molar-refractivity contribution in [3.63, 3.8) is 0 Å². The molecule has 3 rings (SSSR count). The lowest BCUT2D eigenvalue weighted by Crippen LogP contribution is -2.17. The number of hydrogen-bond acceptors (Lipinski definition) is 5. The summed E-state index contributed by atoms with van der Waals surface area (Å²) in [6.07, 6.45) is 0.761. The molecule has 0 radical (unpaired) electrons. The molecule has 0 fully saturated rings. The first kappa shape index (κ1) is 21.2. The first-order chi connectivity index (χ1) is 14.0. The second kappa shape index (κ2) is 9.80. The molecule has 8 heteroatoms. The third-order valence-electron chi connectivity index (χ3n) is 4.50. The van der Waals surface area contributed by atoms with E-state index in [1.54, 1.807) is 4.68 Å². The van der Waals surface area contributed by atoms with E-state index < -0.39 is 0 Å². The van der Waals surface area contributed by atoms with E-state index in [2.05, 4.69) is 28.6 Å². The van der Waals surface area contributed by atoms with Gasteiger partial charge in [0.1, 0.15) is 6.61 Å². The fourth-order valence-electron chi connectivity index (χ4n) is 2.95. The lowest BCUT2D eigenvalue weighted by molar-refractivity contribution is 0.269. The standard InChI is InChI=1S/C21H25ClN4O2S/c1-4-19-24-25-21(29)26(19)23-12-15-10-17(22)20(18(11-15)27-5-2)28-13-16-9-7-6-8-14(16)3/h6-11,23H,4-5,12-13H2,1-3H3,(H,25,29). The van der Waals surface area contributed by atoms with Crippen molar-refractivity contribution in [3.05, 3.63) is 68.7 Å². The number of aryl methyl sites for hydroxylation is 2. The van der Waals surface area contributed by atoms with E-state index in [0.717, 1.165) is 23.4 Å². The second-order valence-electron chi connectivity index (χ2n) is 6.52. The molecule has 0 aliphatic heterocycles. The first-order valence-electron chi connectivity index (χ1n) is 9.56. The normalized spacial score (nSPS) is 10.8. The van der Waals surface area contributed by atoms with Crippen LogP contribution in [0.3, 0.4) is 0 Å². The topological polar surface area (TPSA) is 64.1 Å². The van der Waals surface area contributed by atoms with Gasteiger partial charge < -0.3 is 14.9 Å². The Balaban J connectivity index is 1.79. The van der Waals surface area contributed by atoms with Crippen LogP contribution in [0.15, 0.2) is 36.4 Å². The predicted octanol–water partition coefficient (Wildman–Crippen LogP) is 5.19. The number of H-pyrrole nitrogens is 1. The van der Waals surface area contributed by atoms with Crippen molar-refractivity contribution in [1.82, 2.24) is 14.9 Å². The molecule has 3 aromatic rings. The van der Waals surface area contributed by atoms with Gasteiger partial charge in [-0.15, -0.1) is 0 Å². The van der Waals surface area contributed by atoms with Crippen LogP contribution in [0, 0.1) is 11.7 Å². The zero-order valence-electron chi connectivity index (χ0n) is 16.8. The van der Waals surface area contributed by atoms with Crippen LogP contribution >= 0.6 is 23.8 Å². The molecule has 0 saturated carbocycles.